The van der Waals surface area contributed by atoms with E-state index in [1.165, 1.54) is 38.6 Å². The first-order valence-corrected chi connectivity index (χ1v) is 9.23. The summed E-state index contributed by atoms with van der Waals surface area (Å²) in [6, 6.07) is 0.699. The van der Waals surface area contributed by atoms with E-state index in [0.717, 1.165) is 36.2 Å². The zero-order valence-corrected chi connectivity index (χ0v) is 12.9. The van der Waals surface area contributed by atoms with Crippen LogP contribution >= 0.6 is 0 Å². The molecule has 1 aliphatic carbocycles. The Kier molecular flexibility index (Phi) is 5.68. The van der Waals surface area contributed by atoms with Crippen molar-refractivity contribution in [2.75, 3.05) is 25.1 Å². The molecule has 1 saturated carbocycles. The fourth-order valence-electron chi connectivity index (χ4n) is 3.72. The molecular formula is C15H29NOS. The molecule has 0 aromatic rings. The minimum absolute atomic E-state index is 0.518. The average Bonchev–Trinajstić information content (AvgIpc) is 2.39. The van der Waals surface area contributed by atoms with Crippen molar-refractivity contribution < 1.29 is 4.21 Å². The Hall–Kier alpha value is 0.110. The molecular weight excluding hydrogens is 242 g/mol. The molecule has 0 spiro atoms. The smallest absolute Gasteiger partial charge is 0.0249 e. The Morgan fingerprint density at radius 1 is 1.11 bits per heavy atom. The van der Waals surface area contributed by atoms with Crippen LogP contribution in [-0.4, -0.2) is 40.2 Å². The molecule has 0 radical (unpaired) electrons. The Bertz CT molecular complexity index is 272. The quantitative estimate of drug-likeness (QED) is 0.783. The Labute approximate surface area is 115 Å². The lowest BCUT2D eigenvalue weighted by Gasteiger charge is -2.36. The zero-order chi connectivity index (χ0) is 13.0. The highest BCUT2D eigenvalue weighted by Crippen LogP contribution is 2.32. The maximum Gasteiger partial charge on any atom is 0.0249 e. The molecule has 1 aliphatic heterocycles. The monoisotopic (exact) mass is 271 g/mol. The van der Waals surface area contributed by atoms with Crippen LogP contribution < -0.4 is 0 Å². The van der Waals surface area contributed by atoms with Gasteiger partial charge in [0.2, 0.25) is 0 Å². The second-order valence-corrected chi connectivity index (χ2v) is 8.02. The molecule has 0 unspecified atom stereocenters. The molecule has 2 fully saturated rings. The van der Waals surface area contributed by atoms with E-state index >= 15 is 0 Å². The molecule has 2 nitrogen and oxygen atoms in total. The lowest BCUT2D eigenvalue weighted by Crippen LogP contribution is -2.40. The lowest BCUT2D eigenvalue weighted by molar-refractivity contribution is 0.152. The van der Waals surface area contributed by atoms with Crippen molar-refractivity contribution in [3.63, 3.8) is 0 Å². The molecule has 18 heavy (non-hydrogen) atoms. The van der Waals surface area contributed by atoms with Crippen LogP contribution in [0.25, 0.3) is 0 Å². The molecule has 0 N–H and O–H groups in total. The molecule has 2 atom stereocenters. The molecule has 0 amide bonds. The number of rotatable bonds is 4. The largest absolute Gasteiger partial charge is 0.303 e. The van der Waals surface area contributed by atoms with E-state index in [-0.39, 0.29) is 0 Å². The van der Waals surface area contributed by atoms with Gasteiger partial charge in [0, 0.05) is 34.9 Å². The topological polar surface area (TPSA) is 20.3 Å². The van der Waals surface area contributed by atoms with Crippen LogP contribution in [-0.2, 0) is 10.8 Å². The molecule has 106 valence electrons. The van der Waals surface area contributed by atoms with E-state index < -0.39 is 10.8 Å². The summed E-state index contributed by atoms with van der Waals surface area (Å²) >= 11 is 0. The van der Waals surface area contributed by atoms with E-state index in [1.54, 1.807) is 0 Å². The second-order valence-electron chi connectivity index (χ2n) is 6.33. The first-order chi connectivity index (χ1) is 8.69. The van der Waals surface area contributed by atoms with Gasteiger partial charge in [0.25, 0.3) is 0 Å². The van der Waals surface area contributed by atoms with Crippen molar-refractivity contribution in [3.05, 3.63) is 0 Å². The van der Waals surface area contributed by atoms with Gasteiger partial charge in [-0.05, 0) is 44.6 Å². The van der Waals surface area contributed by atoms with Crippen LogP contribution in [0.1, 0.15) is 51.9 Å². The summed E-state index contributed by atoms with van der Waals surface area (Å²) in [7, 11) is 1.77. The van der Waals surface area contributed by atoms with E-state index in [9.17, 15) is 4.21 Å². The van der Waals surface area contributed by atoms with Crippen molar-refractivity contribution >= 4 is 10.8 Å². The van der Waals surface area contributed by atoms with Gasteiger partial charge in [0.05, 0.1) is 0 Å². The number of hydrogen-bond acceptors (Lipinski definition) is 2. The summed E-state index contributed by atoms with van der Waals surface area (Å²) < 4.78 is 11.4. The van der Waals surface area contributed by atoms with Gasteiger partial charge in [-0.3, -0.25) is 4.21 Å². The van der Waals surface area contributed by atoms with Gasteiger partial charge in [-0.25, -0.2) is 0 Å². The molecule has 0 bridgehead atoms. The van der Waals surface area contributed by atoms with Crippen LogP contribution in [0.2, 0.25) is 0 Å². The van der Waals surface area contributed by atoms with E-state index in [0.29, 0.717) is 6.04 Å². The van der Waals surface area contributed by atoms with E-state index in [1.807, 2.05) is 0 Å². The van der Waals surface area contributed by atoms with Gasteiger partial charge < -0.3 is 4.90 Å². The SMILES string of the molecule is CC[C@H]1CCC[C@H](CN(C)C2CCS(=O)CC2)C1. The number of nitrogens with zero attached hydrogens (tertiary/aromatic N) is 1. The Morgan fingerprint density at radius 3 is 2.44 bits per heavy atom. The van der Waals surface area contributed by atoms with Gasteiger partial charge in [-0.2, -0.15) is 0 Å². The van der Waals surface area contributed by atoms with Gasteiger partial charge in [-0.15, -0.1) is 0 Å². The average molecular weight is 271 g/mol. The van der Waals surface area contributed by atoms with E-state index in [2.05, 4.69) is 18.9 Å². The number of hydrogen-bond donors (Lipinski definition) is 0. The minimum Gasteiger partial charge on any atom is -0.303 e. The first kappa shape index (κ1) is 14.5. The molecule has 3 heteroatoms. The molecule has 1 saturated heterocycles. The van der Waals surface area contributed by atoms with Gasteiger partial charge >= 0.3 is 0 Å². The summed E-state index contributed by atoms with van der Waals surface area (Å²) in [5.41, 5.74) is 0. The molecule has 2 rings (SSSR count). The predicted octanol–water partition coefficient (Wildman–Crippen LogP) is 3.05. The lowest BCUT2D eigenvalue weighted by atomic mass is 9.80. The van der Waals surface area contributed by atoms with Crippen molar-refractivity contribution in [2.24, 2.45) is 11.8 Å². The third-order valence-corrected chi connectivity index (χ3v) is 6.38. The summed E-state index contributed by atoms with van der Waals surface area (Å²) in [6.07, 6.45) is 9.42. The van der Waals surface area contributed by atoms with Crippen molar-refractivity contribution in [1.82, 2.24) is 4.90 Å². The van der Waals surface area contributed by atoms with E-state index in [4.69, 9.17) is 0 Å². The fraction of sp³-hybridized carbons (Fsp3) is 1.00. The highest BCUT2D eigenvalue weighted by atomic mass is 32.2. The summed E-state index contributed by atoms with van der Waals surface area (Å²) in [5, 5.41) is 0. The normalized spacial score (nSPS) is 37.9. The molecule has 0 aromatic carbocycles. The molecule has 0 aromatic heterocycles. The Morgan fingerprint density at radius 2 is 1.78 bits per heavy atom. The van der Waals surface area contributed by atoms with Crippen molar-refractivity contribution in [1.29, 1.82) is 0 Å². The zero-order valence-electron chi connectivity index (χ0n) is 12.1. The highest BCUT2D eigenvalue weighted by Gasteiger charge is 2.26. The van der Waals surface area contributed by atoms with Crippen LogP contribution in [0, 0.1) is 11.8 Å². The van der Waals surface area contributed by atoms with Crippen LogP contribution in [0.5, 0.6) is 0 Å². The van der Waals surface area contributed by atoms with Gasteiger partial charge in [-0.1, -0.05) is 26.2 Å². The maximum atomic E-state index is 11.4. The minimum atomic E-state index is -0.518. The van der Waals surface area contributed by atoms with Gasteiger partial charge in [0.1, 0.15) is 0 Å². The third-order valence-electron chi connectivity index (χ3n) is 5.00. The molecule has 1 heterocycles. The first-order valence-electron chi connectivity index (χ1n) is 7.74. The van der Waals surface area contributed by atoms with Crippen LogP contribution in [0.4, 0.5) is 0 Å². The highest BCUT2D eigenvalue weighted by molar-refractivity contribution is 7.85. The summed E-state index contributed by atoms with van der Waals surface area (Å²) in [6.45, 7) is 3.61. The summed E-state index contributed by atoms with van der Waals surface area (Å²) in [5.74, 6) is 3.76. The fourth-order valence-corrected chi connectivity index (χ4v) is 4.99. The maximum absolute atomic E-state index is 11.4. The van der Waals surface area contributed by atoms with Gasteiger partial charge in [0.15, 0.2) is 0 Å². The predicted molar refractivity (Wildman–Crippen MR) is 79.3 cm³/mol. The molecule has 2 aliphatic rings. The van der Waals surface area contributed by atoms with Crippen LogP contribution in [0.15, 0.2) is 0 Å². The Balaban J connectivity index is 1.76. The summed E-state index contributed by atoms with van der Waals surface area (Å²) in [4.78, 5) is 2.57. The third kappa shape index (κ3) is 4.06. The van der Waals surface area contributed by atoms with Crippen molar-refractivity contribution in [2.45, 2.75) is 57.9 Å². The van der Waals surface area contributed by atoms with Crippen molar-refractivity contribution in [3.8, 4) is 0 Å². The second kappa shape index (κ2) is 7.04. The standard InChI is InChI=1S/C15H29NOS/c1-3-13-5-4-6-14(11-13)12-16(2)15-7-9-18(17)10-8-15/h13-15H,3-12H2,1-2H3/t13-,14-,15?,18?/m0/s1. The van der Waals surface area contributed by atoms with Crippen LogP contribution in [0.3, 0.4) is 0 Å².